The van der Waals surface area contributed by atoms with Gasteiger partial charge >= 0.3 is 0 Å². The van der Waals surface area contributed by atoms with Crippen LogP contribution in [0.3, 0.4) is 0 Å². The number of hydrogen-bond acceptors (Lipinski definition) is 2. The number of benzene rings is 1. The molecule has 0 fully saturated rings. The Morgan fingerprint density at radius 2 is 2.29 bits per heavy atom. The molecule has 0 N–H and O–H groups in total. The molecule has 0 saturated carbocycles. The normalized spacial score (nSPS) is 11.5. The monoisotopic (exact) mass is 187 g/mol. The first-order valence-corrected chi connectivity index (χ1v) is 4.44. The van der Waals surface area contributed by atoms with Gasteiger partial charge in [0.25, 0.3) is 0 Å². The van der Waals surface area contributed by atoms with Gasteiger partial charge in [-0.2, -0.15) is 5.26 Å². The molecular formula is C12H13NO. The van der Waals surface area contributed by atoms with Crippen molar-refractivity contribution in [2.45, 2.75) is 12.8 Å². The molecule has 72 valence electrons. The van der Waals surface area contributed by atoms with Crippen LogP contribution in [0.1, 0.15) is 24.0 Å². The van der Waals surface area contributed by atoms with Gasteiger partial charge in [-0.25, -0.2) is 0 Å². The number of allylic oxidation sites excluding steroid dienone is 1. The van der Waals surface area contributed by atoms with Gasteiger partial charge in [-0.05, 0) is 11.6 Å². The predicted molar refractivity (Wildman–Crippen MR) is 56.3 cm³/mol. The van der Waals surface area contributed by atoms with Gasteiger partial charge in [-0.3, -0.25) is 0 Å². The van der Waals surface area contributed by atoms with Gasteiger partial charge < -0.3 is 4.74 Å². The number of hydrogen-bond donors (Lipinski definition) is 0. The lowest BCUT2D eigenvalue weighted by molar-refractivity contribution is 0.413. The largest absolute Gasteiger partial charge is 0.495 e. The number of rotatable bonds is 3. The van der Waals surface area contributed by atoms with Crippen LogP contribution in [-0.4, -0.2) is 7.11 Å². The van der Waals surface area contributed by atoms with E-state index < -0.39 is 0 Å². The summed E-state index contributed by atoms with van der Waals surface area (Å²) in [5, 5.41) is 9.01. The molecule has 0 amide bonds. The molecule has 2 nitrogen and oxygen atoms in total. The third-order valence-corrected chi connectivity index (χ3v) is 2.23. The molecule has 1 unspecified atom stereocenters. The molecular weight excluding hydrogens is 174 g/mol. The van der Waals surface area contributed by atoms with Crippen LogP contribution in [-0.2, 0) is 0 Å². The van der Waals surface area contributed by atoms with Crippen molar-refractivity contribution in [3.05, 3.63) is 42.0 Å². The minimum atomic E-state index is 0.166. The quantitative estimate of drug-likeness (QED) is 0.681. The van der Waals surface area contributed by atoms with Crippen molar-refractivity contribution in [2.75, 3.05) is 7.11 Å². The Labute approximate surface area is 84.4 Å². The maximum Gasteiger partial charge on any atom is 0.136 e. The fourth-order valence-electron chi connectivity index (χ4n) is 1.34. The number of nitrogens with zero attached hydrogens (tertiary/aromatic N) is 1. The van der Waals surface area contributed by atoms with Crippen LogP contribution < -0.4 is 4.74 Å². The zero-order valence-corrected chi connectivity index (χ0v) is 8.45. The Morgan fingerprint density at radius 1 is 1.57 bits per heavy atom. The van der Waals surface area contributed by atoms with Gasteiger partial charge in [0.05, 0.1) is 12.7 Å². The Hall–Kier alpha value is -1.75. The molecule has 0 spiro atoms. The Kier molecular flexibility index (Phi) is 3.30. The molecule has 1 rings (SSSR count). The lowest BCUT2D eigenvalue weighted by atomic mass is 9.96. The van der Waals surface area contributed by atoms with Crippen LogP contribution in [0.2, 0.25) is 0 Å². The highest BCUT2D eigenvalue weighted by molar-refractivity contribution is 5.50. The topological polar surface area (TPSA) is 33.0 Å². The molecule has 0 radical (unpaired) electrons. The van der Waals surface area contributed by atoms with Crippen LogP contribution in [0.5, 0.6) is 5.75 Å². The average molecular weight is 187 g/mol. The van der Waals surface area contributed by atoms with Gasteiger partial charge in [-0.15, -0.1) is 6.58 Å². The van der Waals surface area contributed by atoms with Crippen LogP contribution in [0.25, 0.3) is 0 Å². The standard InChI is InChI=1S/C12H13NO/c1-4-9(2)10-6-5-7-12(14-3)11(10)8-13/h4-7,9H,1H2,2-3H3. The minimum Gasteiger partial charge on any atom is -0.495 e. The second-order valence-electron chi connectivity index (χ2n) is 3.06. The van der Waals surface area contributed by atoms with E-state index in [1.165, 1.54) is 0 Å². The molecule has 0 aliphatic carbocycles. The van der Waals surface area contributed by atoms with Crippen molar-refractivity contribution < 1.29 is 4.74 Å². The molecule has 0 saturated heterocycles. The zero-order chi connectivity index (χ0) is 10.6. The number of methoxy groups -OCH3 is 1. The van der Waals surface area contributed by atoms with E-state index >= 15 is 0 Å². The van der Waals surface area contributed by atoms with Crippen molar-refractivity contribution in [1.82, 2.24) is 0 Å². The Bertz CT molecular complexity index is 376. The van der Waals surface area contributed by atoms with E-state index in [9.17, 15) is 0 Å². The molecule has 0 aliphatic heterocycles. The van der Waals surface area contributed by atoms with Crippen molar-refractivity contribution in [3.63, 3.8) is 0 Å². The fraction of sp³-hybridized carbons (Fsp3) is 0.250. The third-order valence-electron chi connectivity index (χ3n) is 2.23. The van der Waals surface area contributed by atoms with Gasteiger partial charge in [-0.1, -0.05) is 25.1 Å². The maximum atomic E-state index is 9.01. The minimum absolute atomic E-state index is 0.166. The molecule has 0 aromatic heterocycles. The SMILES string of the molecule is C=CC(C)c1cccc(OC)c1C#N. The van der Waals surface area contributed by atoms with E-state index in [1.807, 2.05) is 25.1 Å². The predicted octanol–water partition coefficient (Wildman–Crippen LogP) is 2.86. The Morgan fingerprint density at radius 3 is 2.79 bits per heavy atom. The first-order valence-electron chi connectivity index (χ1n) is 4.44. The lowest BCUT2D eigenvalue weighted by Gasteiger charge is -2.11. The summed E-state index contributed by atoms with van der Waals surface area (Å²) >= 11 is 0. The van der Waals surface area contributed by atoms with E-state index in [0.29, 0.717) is 11.3 Å². The van der Waals surface area contributed by atoms with Crippen LogP contribution in [0.4, 0.5) is 0 Å². The first-order chi connectivity index (χ1) is 6.74. The van der Waals surface area contributed by atoms with Crippen LogP contribution in [0, 0.1) is 11.3 Å². The number of ether oxygens (including phenoxy) is 1. The number of nitriles is 1. The zero-order valence-electron chi connectivity index (χ0n) is 8.45. The highest BCUT2D eigenvalue weighted by Crippen LogP contribution is 2.27. The first kappa shape index (κ1) is 10.3. The molecule has 1 atom stereocenters. The van der Waals surface area contributed by atoms with Crippen LogP contribution >= 0.6 is 0 Å². The molecule has 1 aromatic rings. The summed E-state index contributed by atoms with van der Waals surface area (Å²) in [4.78, 5) is 0. The third kappa shape index (κ3) is 1.77. The van der Waals surface area contributed by atoms with Crippen LogP contribution in [0.15, 0.2) is 30.9 Å². The molecule has 14 heavy (non-hydrogen) atoms. The average Bonchev–Trinajstić information content (AvgIpc) is 2.26. The van der Waals surface area contributed by atoms with Crippen molar-refractivity contribution >= 4 is 0 Å². The van der Waals surface area contributed by atoms with Gasteiger partial charge in [0, 0.05) is 5.92 Å². The highest BCUT2D eigenvalue weighted by atomic mass is 16.5. The van der Waals surface area contributed by atoms with E-state index in [-0.39, 0.29) is 5.92 Å². The lowest BCUT2D eigenvalue weighted by Crippen LogP contribution is -1.96. The van der Waals surface area contributed by atoms with Gasteiger partial charge in [0.15, 0.2) is 0 Å². The van der Waals surface area contributed by atoms with Crippen molar-refractivity contribution in [2.24, 2.45) is 0 Å². The molecule has 1 aromatic carbocycles. The van der Waals surface area contributed by atoms with Gasteiger partial charge in [0.1, 0.15) is 11.8 Å². The molecule has 2 heteroatoms. The summed E-state index contributed by atoms with van der Waals surface area (Å²) < 4.78 is 5.11. The molecule has 0 aliphatic rings. The van der Waals surface area contributed by atoms with E-state index in [0.717, 1.165) is 5.56 Å². The van der Waals surface area contributed by atoms with Gasteiger partial charge in [0.2, 0.25) is 0 Å². The van der Waals surface area contributed by atoms with Crippen molar-refractivity contribution in [1.29, 1.82) is 5.26 Å². The van der Waals surface area contributed by atoms with E-state index in [1.54, 1.807) is 13.2 Å². The molecule has 0 bridgehead atoms. The summed E-state index contributed by atoms with van der Waals surface area (Å²) in [6, 6.07) is 7.76. The summed E-state index contributed by atoms with van der Waals surface area (Å²) in [5.41, 5.74) is 1.56. The fourth-order valence-corrected chi connectivity index (χ4v) is 1.34. The summed E-state index contributed by atoms with van der Waals surface area (Å²) in [6.45, 7) is 5.72. The summed E-state index contributed by atoms with van der Waals surface area (Å²) in [7, 11) is 1.57. The second-order valence-corrected chi connectivity index (χ2v) is 3.06. The smallest absolute Gasteiger partial charge is 0.136 e. The Balaban J connectivity index is 3.30. The van der Waals surface area contributed by atoms with E-state index in [4.69, 9.17) is 10.00 Å². The molecule has 0 heterocycles. The highest BCUT2D eigenvalue weighted by Gasteiger charge is 2.11. The summed E-state index contributed by atoms with van der Waals surface area (Å²) in [6.07, 6.45) is 1.82. The second kappa shape index (κ2) is 4.48. The van der Waals surface area contributed by atoms with E-state index in [2.05, 4.69) is 12.6 Å². The summed E-state index contributed by atoms with van der Waals surface area (Å²) in [5.74, 6) is 0.790. The van der Waals surface area contributed by atoms with Crippen molar-refractivity contribution in [3.8, 4) is 11.8 Å². The maximum absolute atomic E-state index is 9.01.